The summed E-state index contributed by atoms with van der Waals surface area (Å²) < 4.78 is 0. The van der Waals surface area contributed by atoms with Gasteiger partial charge < -0.3 is 0 Å². The summed E-state index contributed by atoms with van der Waals surface area (Å²) in [5.41, 5.74) is 3.20. The molecule has 1 aromatic heterocycles. The monoisotopic (exact) mass is 255 g/mol. The summed E-state index contributed by atoms with van der Waals surface area (Å²) in [4.78, 5) is 15.1. The average Bonchev–Trinajstić information content (AvgIpc) is 2.46. The molecule has 0 atom stereocenters. The van der Waals surface area contributed by atoms with Crippen molar-refractivity contribution in [3.63, 3.8) is 0 Å². The molecule has 0 saturated heterocycles. The van der Waals surface area contributed by atoms with E-state index in [1.807, 2.05) is 55.6 Å². The Kier molecular flexibility index (Phi) is 4.61. The molecule has 1 heterocycles. The number of aromatic nitrogens is 1. The number of hydrogen-bond donors (Lipinski definition) is 0. The van der Waals surface area contributed by atoms with Gasteiger partial charge in [0.15, 0.2) is 0 Å². The molecule has 2 rings (SSSR count). The Balaban J connectivity index is 1.89. The van der Waals surface area contributed by atoms with Gasteiger partial charge in [0.2, 0.25) is 0 Å². The number of nitroso groups, excluding NO2 is 1. The van der Waals surface area contributed by atoms with E-state index >= 15 is 0 Å². The van der Waals surface area contributed by atoms with Crippen molar-refractivity contribution in [2.24, 2.45) is 5.29 Å². The Labute approximate surface area is 113 Å². The van der Waals surface area contributed by atoms with Crippen LogP contribution in [0.15, 0.2) is 53.9 Å². The third-order valence-electron chi connectivity index (χ3n) is 2.95. The second-order valence-electron chi connectivity index (χ2n) is 4.51. The number of rotatable bonds is 6. The predicted molar refractivity (Wildman–Crippen MR) is 75.3 cm³/mol. The van der Waals surface area contributed by atoms with E-state index in [2.05, 4.69) is 10.3 Å². The van der Waals surface area contributed by atoms with Crippen molar-refractivity contribution in [1.82, 2.24) is 9.99 Å². The first kappa shape index (κ1) is 13.2. The maximum Gasteiger partial charge on any atom is 0.0642 e. The highest BCUT2D eigenvalue weighted by Gasteiger charge is 2.04. The van der Waals surface area contributed by atoms with Gasteiger partial charge in [0.1, 0.15) is 0 Å². The van der Waals surface area contributed by atoms with Crippen LogP contribution < -0.4 is 0 Å². The second-order valence-corrected chi connectivity index (χ2v) is 4.51. The molecule has 0 aliphatic heterocycles. The molecule has 0 spiro atoms. The Bertz CT molecular complexity index is 511. The van der Waals surface area contributed by atoms with Crippen LogP contribution in [0.3, 0.4) is 0 Å². The van der Waals surface area contributed by atoms with Gasteiger partial charge in [-0.25, -0.2) is 0 Å². The van der Waals surface area contributed by atoms with Crippen LogP contribution in [-0.2, 0) is 13.0 Å². The van der Waals surface area contributed by atoms with Crippen LogP contribution in [0.4, 0.5) is 0 Å². The van der Waals surface area contributed by atoms with Gasteiger partial charge in [-0.05, 0) is 30.5 Å². The number of nitrogens with zero attached hydrogens (tertiary/aromatic N) is 3. The SMILES string of the molecule is Cc1ccc(CCN(Cc2ccccc2)N=O)cn1. The van der Waals surface area contributed by atoms with Gasteiger partial charge in [-0.2, -0.15) is 0 Å². The molecule has 98 valence electrons. The lowest BCUT2D eigenvalue weighted by Crippen LogP contribution is -2.19. The Morgan fingerprint density at radius 3 is 2.53 bits per heavy atom. The summed E-state index contributed by atoms with van der Waals surface area (Å²) in [5.74, 6) is 0. The summed E-state index contributed by atoms with van der Waals surface area (Å²) in [6, 6.07) is 13.9. The van der Waals surface area contributed by atoms with E-state index in [4.69, 9.17) is 0 Å². The van der Waals surface area contributed by atoms with E-state index in [9.17, 15) is 4.91 Å². The van der Waals surface area contributed by atoms with Crippen LogP contribution >= 0.6 is 0 Å². The van der Waals surface area contributed by atoms with Gasteiger partial charge in [0.05, 0.1) is 11.8 Å². The van der Waals surface area contributed by atoms with Crippen molar-refractivity contribution in [3.05, 3.63) is 70.4 Å². The molecule has 19 heavy (non-hydrogen) atoms. The predicted octanol–water partition coefficient (Wildman–Crippen LogP) is 3.12. The van der Waals surface area contributed by atoms with E-state index in [1.54, 1.807) is 0 Å². The molecule has 0 radical (unpaired) electrons. The molecule has 2 aromatic rings. The first-order chi connectivity index (χ1) is 9.28. The fraction of sp³-hybridized carbons (Fsp3) is 0.267. The third kappa shape index (κ3) is 4.17. The fourth-order valence-electron chi connectivity index (χ4n) is 1.85. The van der Waals surface area contributed by atoms with Crippen molar-refractivity contribution < 1.29 is 0 Å². The molecule has 4 heteroatoms. The molecule has 0 aliphatic rings. The maximum atomic E-state index is 10.8. The summed E-state index contributed by atoms with van der Waals surface area (Å²) in [5, 5.41) is 4.62. The van der Waals surface area contributed by atoms with Crippen LogP contribution in [0.1, 0.15) is 16.8 Å². The summed E-state index contributed by atoms with van der Waals surface area (Å²) in [6.45, 7) is 3.10. The van der Waals surface area contributed by atoms with Crippen molar-refractivity contribution in [3.8, 4) is 0 Å². The Hall–Kier alpha value is -2.23. The number of pyridine rings is 1. The molecule has 0 aliphatic carbocycles. The van der Waals surface area contributed by atoms with E-state index in [-0.39, 0.29) is 0 Å². The first-order valence-electron chi connectivity index (χ1n) is 6.31. The molecule has 0 saturated carbocycles. The van der Waals surface area contributed by atoms with Crippen LogP contribution in [0.2, 0.25) is 0 Å². The second kappa shape index (κ2) is 6.64. The van der Waals surface area contributed by atoms with Gasteiger partial charge >= 0.3 is 0 Å². The molecule has 0 N–H and O–H groups in total. The molecular weight excluding hydrogens is 238 g/mol. The third-order valence-corrected chi connectivity index (χ3v) is 2.95. The van der Waals surface area contributed by atoms with Crippen molar-refractivity contribution in [1.29, 1.82) is 0 Å². The van der Waals surface area contributed by atoms with Crippen molar-refractivity contribution in [2.75, 3.05) is 6.54 Å². The van der Waals surface area contributed by atoms with Crippen molar-refractivity contribution in [2.45, 2.75) is 19.9 Å². The maximum absolute atomic E-state index is 10.8. The summed E-state index contributed by atoms with van der Waals surface area (Å²) >= 11 is 0. The first-order valence-corrected chi connectivity index (χ1v) is 6.31. The molecule has 0 fully saturated rings. The van der Waals surface area contributed by atoms with Crippen molar-refractivity contribution >= 4 is 0 Å². The van der Waals surface area contributed by atoms with Gasteiger partial charge in [0, 0.05) is 18.4 Å². The van der Waals surface area contributed by atoms with Gasteiger partial charge in [-0.3, -0.25) is 9.99 Å². The highest BCUT2D eigenvalue weighted by Crippen LogP contribution is 2.07. The van der Waals surface area contributed by atoms with E-state index < -0.39 is 0 Å². The molecule has 1 aromatic carbocycles. The lowest BCUT2D eigenvalue weighted by molar-refractivity contribution is 0.279. The topological polar surface area (TPSA) is 45.6 Å². The highest BCUT2D eigenvalue weighted by atomic mass is 16.3. The van der Waals surface area contributed by atoms with Crippen LogP contribution in [0.25, 0.3) is 0 Å². The highest BCUT2D eigenvalue weighted by molar-refractivity contribution is 5.15. The summed E-state index contributed by atoms with van der Waals surface area (Å²) in [7, 11) is 0. The Morgan fingerprint density at radius 1 is 1.11 bits per heavy atom. The largest absolute Gasteiger partial charge is 0.261 e. The lowest BCUT2D eigenvalue weighted by atomic mass is 10.2. The zero-order valence-electron chi connectivity index (χ0n) is 11.0. The number of hydrogen-bond acceptors (Lipinski definition) is 3. The quantitative estimate of drug-likeness (QED) is 0.588. The average molecular weight is 255 g/mol. The van der Waals surface area contributed by atoms with Gasteiger partial charge in [0.25, 0.3) is 0 Å². The Morgan fingerprint density at radius 2 is 1.89 bits per heavy atom. The molecule has 4 nitrogen and oxygen atoms in total. The normalized spacial score (nSPS) is 10.2. The van der Waals surface area contributed by atoms with E-state index in [1.165, 1.54) is 5.01 Å². The summed E-state index contributed by atoms with van der Waals surface area (Å²) in [6.07, 6.45) is 2.62. The smallest absolute Gasteiger partial charge is 0.0642 e. The lowest BCUT2D eigenvalue weighted by Gasteiger charge is -2.15. The van der Waals surface area contributed by atoms with Gasteiger partial charge in [-0.15, -0.1) is 4.91 Å². The fourth-order valence-corrected chi connectivity index (χ4v) is 1.85. The minimum atomic E-state index is 0.545. The number of benzene rings is 1. The molecule has 0 amide bonds. The van der Waals surface area contributed by atoms with Crippen LogP contribution in [-0.4, -0.2) is 16.5 Å². The van der Waals surface area contributed by atoms with Crippen LogP contribution in [0, 0.1) is 11.8 Å². The number of aryl methyl sites for hydroxylation is 1. The van der Waals surface area contributed by atoms with E-state index in [0.717, 1.165) is 23.2 Å². The standard InChI is InChI=1S/C15H17N3O/c1-13-7-8-14(11-16-13)9-10-18(17-19)12-15-5-3-2-4-6-15/h2-8,11H,9-10,12H2,1H3. The molecule has 0 unspecified atom stereocenters. The van der Waals surface area contributed by atoms with E-state index in [0.29, 0.717) is 13.1 Å². The minimum absolute atomic E-state index is 0.545. The van der Waals surface area contributed by atoms with Crippen LogP contribution in [0.5, 0.6) is 0 Å². The van der Waals surface area contributed by atoms with Gasteiger partial charge in [-0.1, -0.05) is 36.4 Å². The molecule has 0 bridgehead atoms. The zero-order valence-corrected chi connectivity index (χ0v) is 11.0. The molecular formula is C15H17N3O. The minimum Gasteiger partial charge on any atom is -0.261 e. The zero-order chi connectivity index (χ0) is 13.5.